The molecule has 0 bridgehead atoms. The van der Waals surface area contributed by atoms with Crippen LogP contribution in [0.1, 0.15) is 49.7 Å². The first kappa shape index (κ1) is 17.5. The number of hydrogen-bond donors (Lipinski definition) is 1. The SMILES string of the molecule is C=CC(=O)Nc1sc2c(c1C)CCN(C(=O)OC(C)(C)C)C2C. The summed E-state index contributed by atoms with van der Waals surface area (Å²) in [5.74, 6) is -0.219. The molecule has 0 aliphatic carbocycles. The molecule has 1 aromatic rings. The number of ether oxygens (including phenoxy) is 1. The van der Waals surface area contributed by atoms with Crippen molar-refractivity contribution in [2.45, 2.75) is 52.7 Å². The number of nitrogens with zero attached hydrogens (tertiary/aromatic N) is 1. The van der Waals surface area contributed by atoms with E-state index in [0.29, 0.717) is 6.54 Å². The minimum atomic E-state index is -0.508. The van der Waals surface area contributed by atoms with Gasteiger partial charge in [-0.1, -0.05) is 6.58 Å². The van der Waals surface area contributed by atoms with Crippen molar-refractivity contribution in [3.8, 4) is 0 Å². The molecule has 1 aliphatic rings. The van der Waals surface area contributed by atoms with E-state index in [4.69, 9.17) is 4.74 Å². The third kappa shape index (κ3) is 3.75. The molecule has 0 saturated carbocycles. The Morgan fingerprint density at radius 3 is 2.65 bits per heavy atom. The van der Waals surface area contributed by atoms with E-state index in [2.05, 4.69) is 11.9 Å². The van der Waals surface area contributed by atoms with Gasteiger partial charge < -0.3 is 15.0 Å². The average molecular weight is 336 g/mol. The van der Waals surface area contributed by atoms with Crippen LogP contribution in [0.5, 0.6) is 0 Å². The molecule has 1 atom stereocenters. The number of nitrogens with one attached hydrogen (secondary N) is 1. The van der Waals surface area contributed by atoms with E-state index < -0.39 is 5.60 Å². The fourth-order valence-corrected chi connectivity index (χ4v) is 3.96. The Morgan fingerprint density at radius 2 is 2.09 bits per heavy atom. The van der Waals surface area contributed by atoms with Crippen LogP contribution in [0.25, 0.3) is 0 Å². The Balaban J connectivity index is 2.24. The highest BCUT2D eigenvalue weighted by molar-refractivity contribution is 7.16. The van der Waals surface area contributed by atoms with E-state index in [0.717, 1.165) is 21.9 Å². The maximum atomic E-state index is 12.4. The Labute approximate surface area is 141 Å². The zero-order chi connectivity index (χ0) is 17.4. The normalized spacial score (nSPS) is 17.4. The van der Waals surface area contributed by atoms with Crippen molar-refractivity contribution in [2.24, 2.45) is 0 Å². The first-order valence-corrected chi connectivity index (χ1v) is 8.51. The second-order valence-electron chi connectivity index (χ2n) is 6.69. The fraction of sp³-hybridized carbons (Fsp3) is 0.529. The van der Waals surface area contributed by atoms with Gasteiger partial charge in [0.1, 0.15) is 5.60 Å². The van der Waals surface area contributed by atoms with Crippen LogP contribution >= 0.6 is 11.3 Å². The number of thiophene rings is 1. The number of fused-ring (bicyclic) bond motifs is 1. The molecule has 0 spiro atoms. The summed E-state index contributed by atoms with van der Waals surface area (Å²) in [5.41, 5.74) is 1.79. The van der Waals surface area contributed by atoms with Gasteiger partial charge in [0.2, 0.25) is 5.91 Å². The van der Waals surface area contributed by atoms with E-state index in [-0.39, 0.29) is 18.0 Å². The fourth-order valence-electron chi connectivity index (χ4n) is 2.64. The third-order valence-corrected chi connectivity index (χ3v) is 5.22. The molecule has 0 saturated heterocycles. The highest BCUT2D eigenvalue weighted by atomic mass is 32.1. The molecule has 126 valence electrons. The number of hydrogen-bond acceptors (Lipinski definition) is 4. The van der Waals surface area contributed by atoms with E-state index in [9.17, 15) is 9.59 Å². The summed E-state index contributed by atoms with van der Waals surface area (Å²) in [7, 11) is 0. The van der Waals surface area contributed by atoms with Gasteiger partial charge in [-0.3, -0.25) is 4.79 Å². The molecule has 1 N–H and O–H groups in total. The standard InChI is InChI=1S/C17H24N2O3S/c1-7-13(20)18-15-10(2)12-8-9-19(11(3)14(12)23-15)16(21)22-17(4,5)6/h7,11H,1,8-9H2,2-6H3,(H,18,20). The van der Waals surface area contributed by atoms with Gasteiger partial charge in [-0.05, 0) is 58.2 Å². The second-order valence-corrected chi connectivity index (χ2v) is 7.74. The van der Waals surface area contributed by atoms with Crippen molar-refractivity contribution in [1.82, 2.24) is 4.90 Å². The average Bonchev–Trinajstić information content (AvgIpc) is 2.75. The molecule has 6 heteroatoms. The number of carbonyl (C=O) groups excluding carboxylic acids is 2. The minimum absolute atomic E-state index is 0.0633. The summed E-state index contributed by atoms with van der Waals surface area (Å²) < 4.78 is 5.49. The number of rotatable bonds is 2. The summed E-state index contributed by atoms with van der Waals surface area (Å²) in [6.07, 6.45) is 1.73. The molecule has 23 heavy (non-hydrogen) atoms. The zero-order valence-electron chi connectivity index (χ0n) is 14.4. The van der Waals surface area contributed by atoms with Crippen LogP contribution in [-0.2, 0) is 16.0 Å². The van der Waals surface area contributed by atoms with Crippen molar-refractivity contribution < 1.29 is 14.3 Å². The van der Waals surface area contributed by atoms with Crippen LogP contribution in [0.15, 0.2) is 12.7 Å². The number of carbonyl (C=O) groups is 2. The third-order valence-electron chi connectivity index (χ3n) is 3.80. The van der Waals surface area contributed by atoms with Gasteiger partial charge in [-0.15, -0.1) is 11.3 Å². The largest absolute Gasteiger partial charge is 0.444 e. The molecule has 2 heterocycles. The predicted octanol–water partition coefficient (Wildman–Crippen LogP) is 4.04. The summed E-state index contributed by atoms with van der Waals surface area (Å²) in [6.45, 7) is 13.7. The molecule has 0 aromatic carbocycles. The lowest BCUT2D eigenvalue weighted by Gasteiger charge is -2.35. The Hall–Kier alpha value is -1.82. The zero-order valence-corrected chi connectivity index (χ0v) is 15.2. The Kier molecular flexibility index (Phi) is 4.84. The van der Waals surface area contributed by atoms with Crippen LogP contribution in [0.2, 0.25) is 0 Å². The van der Waals surface area contributed by atoms with Gasteiger partial charge in [0, 0.05) is 11.4 Å². The van der Waals surface area contributed by atoms with E-state index in [1.54, 1.807) is 4.90 Å². The van der Waals surface area contributed by atoms with Gasteiger partial charge in [0.15, 0.2) is 0 Å². The molecule has 1 aliphatic heterocycles. The van der Waals surface area contributed by atoms with Crippen molar-refractivity contribution in [3.05, 3.63) is 28.7 Å². The highest BCUT2D eigenvalue weighted by Crippen LogP contribution is 2.42. The molecule has 1 unspecified atom stereocenters. The summed E-state index contributed by atoms with van der Waals surface area (Å²) in [4.78, 5) is 26.8. The predicted molar refractivity (Wildman–Crippen MR) is 92.9 cm³/mol. The highest BCUT2D eigenvalue weighted by Gasteiger charge is 2.33. The summed E-state index contributed by atoms with van der Waals surface area (Å²) >= 11 is 1.52. The smallest absolute Gasteiger partial charge is 0.410 e. The van der Waals surface area contributed by atoms with Gasteiger partial charge in [0.25, 0.3) is 0 Å². The van der Waals surface area contributed by atoms with Gasteiger partial charge >= 0.3 is 6.09 Å². The number of amides is 2. The maximum absolute atomic E-state index is 12.4. The van der Waals surface area contributed by atoms with Gasteiger partial charge in [-0.25, -0.2) is 4.79 Å². The molecule has 2 rings (SSSR count). The minimum Gasteiger partial charge on any atom is -0.444 e. The second kappa shape index (κ2) is 6.35. The van der Waals surface area contributed by atoms with Crippen molar-refractivity contribution in [2.75, 3.05) is 11.9 Å². The topological polar surface area (TPSA) is 58.6 Å². The van der Waals surface area contributed by atoms with Crippen molar-refractivity contribution in [1.29, 1.82) is 0 Å². The molecule has 2 amide bonds. The summed E-state index contributed by atoms with van der Waals surface area (Å²) in [6, 6.07) is -0.0633. The van der Waals surface area contributed by atoms with Gasteiger partial charge in [-0.2, -0.15) is 0 Å². The molecule has 5 nitrogen and oxygen atoms in total. The van der Waals surface area contributed by atoms with Crippen LogP contribution in [0, 0.1) is 6.92 Å². The van der Waals surface area contributed by atoms with E-state index in [1.165, 1.54) is 23.0 Å². The molecular weight excluding hydrogens is 312 g/mol. The van der Waals surface area contributed by atoms with Crippen LogP contribution in [0.4, 0.5) is 9.80 Å². The quantitative estimate of drug-likeness (QED) is 0.829. The lowest BCUT2D eigenvalue weighted by atomic mass is 9.99. The Morgan fingerprint density at radius 1 is 1.43 bits per heavy atom. The van der Waals surface area contributed by atoms with Crippen molar-refractivity contribution in [3.63, 3.8) is 0 Å². The summed E-state index contributed by atoms with van der Waals surface area (Å²) in [5, 5.41) is 3.68. The van der Waals surface area contributed by atoms with Crippen LogP contribution in [0.3, 0.4) is 0 Å². The first-order chi connectivity index (χ1) is 10.6. The molecule has 0 fully saturated rings. The first-order valence-electron chi connectivity index (χ1n) is 7.69. The number of anilines is 1. The van der Waals surface area contributed by atoms with Gasteiger partial charge in [0.05, 0.1) is 11.0 Å². The van der Waals surface area contributed by atoms with E-state index >= 15 is 0 Å². The molecule has 0 radical (unpaired) electrons. The molecule has 1 aromatic heterocycles. The maximum Gasteiger partial charge on any atom is 0.410 e. The molecular formula is C17H24N2O3S. The monoisotopic (exact) mass is 336 g/mol. The van der Waals surface area contributed by atoms with Crippen LogP contribution in [-0.4, -0.2) is 29.0 Å². The lowest BCUT2D eigenvalue weighted by Crippen LogP contribution is -2.41. The lowest BCUT2D eigenvalue weighted by molar-refractivity contribution is -0.111. The Bertz CT molecular complexity index is 643. The van der Waals surface area contributed by atoms with E-state index in [1.807, 2.05) is 34.6 Å². The van der Waals surface area contributed by atoms with Crippen LogP contribution < -0.4 is 5.32 Å². The van der Waals surface area contributed by atoms with Crippen molar-refractivity contribution >= 4 is 28.3 Å².